The third-order valence-electron chi connectivity index (χ3n) is 8.88. The molecule has 4 N–H and O–H groups in total. The maximum Gasteiger partial charge on any atom is 0.201 e. The Morgan fingerprint density at radius 2 is 0.981 bits per heavy atom. The average molecular weight is 761 g/mol. The lowest BCUT2D eigenvalue weighted by Gasteiger charge is -2.28. The topological polar surface area (TPSA) is 136 Å². The summed E-state index contributed by atoms with van der Waals surface area (Å²) in [5.74, 6) is -1.72. The molecule has 0 aromatic heterocycles. The molecule has 0 bridgehead atoms. The van der Waals surface area contributed by atoms with Crippen LogP contribution in [0.5, 0.6) is 34.5 Å². The van der Waals surface area contributed by atoms with Crippen LogP contribution in [-0.4, -0.2) is 54.0 Å². The van der Waals surface area contributed by atoms with E-state index in [0.29, 0.717) is 66.6 Å². The standard InChI is InChI=1S/C42H49FN2O8S/c1-6-11-12-13-14-15-24-54-42-34-33(40(48)31-25(46)22-23-26(47)32(31)41(34)49)35(43)38(44-36-27(50-7-2)18-16-19-28(36)51-8-3)39(42)45-37-29(52-9-4)20-17-21-30(37)53-10-5/h16-23,44-47H,6-15,24H2,1-5H3. The molecule has 288 valence electrons. The molecule has 0 saturated carbocycles. The first-order chi connectivity index (χ1) is 26.2. The first-order valence-electron chi connectivity index (χ1n) is 18.7. The number of phenolic OH excluding ortho intramolecular Hbond substituents is 2. The van der Waals surface area contributed by atoms with Gasteiger partial charge in [0.1, 0.15) is 51.6 Å². The number of anilines is 4. The SMILES string of the molecule is CCCCCCCCSc1c(Nc2c(OCC)cccc2OCC)c(Nc2c(OCC)cccc2OCC)c(F)c2c1C(=O)c1c(O)ccc(O)c1C2=O. The Balaban J connectivity index is 1.83. The number of unbranched alkanes of at least 4 members (excludes halogenated alkanes) is 5. The molecule has 1 aliphatic rings. The van der Waals surface area contributed by atoms with Crippen molar-refractivity contribution in [3.8, 4) is 34.5 Å². The van der Waals surface area contributed by atoms with Crippen LogP contribution in [-0.2, 0) is 0 Å². The van der Waals surface area contributed by atoms with E-state index < -0.39 is 40.0 Å². The van der Waals surface area contributed by atoms with Crippen LogP contribution in [0.3, 0.4) is 0 Å². The molecule has 0 saturated heterocycles. The first-order valence-corrected chi connectivity index (χ1v) is 19.7. The Morgan fingerprint density at radius 3 is 1.44 bits per heavy atom. The summed E-state index contributed by atoms with van der Waals surface area (Å²) < 4.78 is 41.6. The second kappa shape index (κ2) is 18.8. The summed E-state index contributed by atoms with van der Waals surface area (Å²) in [6.45, 7) is 10.7. The van der Waals surface area contributed by atoms with E-state index in [4.69, 9.17) is 18.9 Å². The highest BCUT2D eigenvalue weighted by atomic mass is 32.2. The van der Waals surface area contributed by atoms with Crippen LogP contribution in [0, 0.1) is 5.82 Å². The second-order valence-corrected chi connectivity index (χ2v) is 13.6. The van der Waals surface area contributed by atoms with Gasteiger partial charge in [-0.05, 0) is 76.3 Å². The zero-order valence-corrected chi connectivity index (χ0v) is 32.3. The lowest BCUT2D eigenvalue weighted by Crippen LogP contribution is -2.25. The number of rotatable bonds is 20. The second-order valence-electron chi connectivity index (χ2n) is 12.5. The van der Waals surface area contributed by atoms with Gasteiger partial charge < -0.3 is 39.8 Å². The fraction of sp³-hybridized carbons (Fsp3) is 0.381. The summed E-state index contributed by atoms with van der Waals surface area (Å²) in [5, 5.41) is 28.3. The van der Waals surface area contributed by atoms with Gasteiger partial charge >= 0.3 is 0 Å². The number of ketones is 2. The molecule has 54 heavy (non-hydrogen) atoms. The van der Waals surface area contributed by atoms with E-state index in [1.807, 2.05) is 27.7 Å². The van der Waals surface area contributed by atoms with Crippen molar-refractivity contribution >= 4 is 46.1 Å². The lowest BCUT2D eigenvalue weighted by atomic mass is 9.82. The predicted molar refractivity (Wildman–Crippen MR) is 211 cm³/mol. The highest BCUT2D eigenvalue weighted by Crippen LogP contribution is 2.52. The van der Waals surface area contributed by atoms with Crippen molar-refractivity contribution in [1.29, 1.82) is 0 Å². The molecule has 0 unspecified atom stereocenters. The summed E-state index contributed by atoms with van der Waals surface area (Å²) in [5.41, 5.74) is -0.956. The van der Waals surface area contributed by atoms with Gasteiger partial charge in [-0.2, -0.15) is 0 Å². The lowest BCUT2D eigenvalue weighted by molar-refractivity contribution is 0.0968. The molecule has 4 aromatic rings. The number of para-hydroxylation sites is 2. The molecule has 0 radical (unpaired) electrons. The number of benzene rings is 4. The molecule has 4 aromatic carbocycles. The van der Waals surface area contributed by atoms with Crippen molar-refractivity contribution in [3.63, 3.8) is 0 Å². The van der Waals surface area contributed by atoms with Crippen molar-refractivity contribution in [2.24, 2.45) is 0 Å². The summed E-state index contributed by atoms with van der Waals surface area (Å²) in [4.78, 5) is 29.2. The molecule has 0 atom stereocenters. The van der Waals surface area contributed by atoms with Crippen LogP contribution >= 0.6 is 11.8 Å². The summed E-state index contributed by atoms with van der Waals surface area (Å²) in [7, 11) is 0. The van der Waals surface area contributed by atoms with E-state index in [9.17, 15) is 19.8 Å². The van der Waals surface area contributed by atoms with Crippen LogP contribution in [0.4, 0.5) is 27.1 Å². The van der Waals surface area contributed by atoms with E-state index in [0.717, 1.165) is 50.7 Å². The van der Waals surface area contributed by atoms with Crippen molar-refractivity contribution < 1.29 is 43.1 Å². The van der Waals surface area contributed by atoms with Gasteiger partial charge in [-0.1, -0.05) is 51.2 Å². The molecule has 0 heterocycles. The van der Waals surface area contributed by atoms with Crippen LogP contribution in [0.1, 0.15) is 105 Å². The molecule has 0 spiro atoms. The van der Waals surface area contributed by atoms with Gasteiger partial charge in [0.05, 0.1) is 54.4 Å². The highest BCUT2D eigenvalue weighted by molar-refractivity contribution is 7.99. The molecule has 5 rings (SSSR count). The minimum atomic E-state index is -1.05. The number of aromatic hydroxyl groups is 2. The number of halogens is 1. The highest BCUT2D eigenvalue weighted by Gasteiger charge is 2.41. The van der Waals surface area contributed by atoms with Gasteiger partial charge in [0, 0.05) is 4.90 Å². The fourth-order valence-corrected chi connectivity index (χ4v) is 7.67. The number of nitrogens with one attached hydrogen (secondary N) is 2. The van der Waals surface area contributed by atoms with Crippen molar-refractivity contribution in [2.45, 2.75) is 78.0 Å². The zero-order chi connectivity index (χ0) is 38.8. The number of hydrogen-bond donors (Lipinski definition) is 4. The number of thioether (sulfide) groups is 1. The van der Waals surface area contributed by atoms with Gasteiger partial charge in [-0.15, -0.1) is 11.8 Å². The van der Waals surface area contributed by atoms with Gasteiger partial charge in [0.15, 0.2) is 11.6 Å². The Kier molecular flexibility index (Phi) is 13.9. The van der Waals surface area contributed by atoms with Crippen LogP contribution in [0.15, 0.2) is 53.4 Å². The van der Waals surface area contributed by atoms with Crippen molar-refractivity contribution in [3.05, 3.63) is 76.6 Å². The number of hydrogen-bond acceptors (Lipinski definition) is 11. The van der Waals surface area contributed by atoms with E-state index in [-0.39, 0.29) is 27.4 Å². The number of ether oxygens (including phenoxy) is 4. The van der Waals surface area contributed by atoms with Gasteiger partial charge in [-0.3, -0.25) is 9.59 Å². The van der Waals surface area contributed by atoms with Crippen LogP contribution in [0.25, 0.3) is 0 Å². The van der Waals surface area contributed by atoms with Gasteiger partial charge in [-0.25, -0.2) is 4.39 Å². The molecular weight excluding hydrogens is 712 g/mol. The van der Waals surface area contributed by atoms with Crippen LogP contribution in [0.2, 0.25) is 0 Å². The van der Waals surface area contributed by atoms with E-state index >= 15 is 4.39 Å². The monoisotopic (exact) mass is 760 g/mol. The van der Waals surface area contributed by atoms with Crippen molar-refractivity contribution in [1.82, 2.24) is 0 Å². The first kappa shape index (κ1) is 40.1. The summed E-state index contributed by atoms with van der Waals surface area (Å²) in [6.07, 6.45) is 6.13. The maximum atomic E-state index is 17.7. The average Bonchev–Trinajstić information content (AvgIpc) is 3.15. The zero-order valence-electron chi connectivity index (χ0n) is 31.5. The quantitative estimate of drug-likeness (QED) is 0.0343. The largest absolute Gasteiger partial charge is 0.507 e. The number of carbonyl (C=O) groups is 2. The van der Waals surface area contributed by atoms with E-state index in [2.05, 4.69) is 17.6 Å². The molecule has 0 amide bonds. The smallest absolute Gasteiger partial charge is 0.201 e. The molecule has 12 heteroatoms. The number of carbonyl (C=O) groups excluding carboxylic acids is 2. The fourth-order valence-electron chi connectivity index (χ4n) is 6.48. The Bertz CT molecular complexity index is 1940. The summed E-state index contributed by atoms with van der Waals surface area (Å²) >= 11 is 1.31. The molecule has 10 nitrogen and oxygen atoms in total. The third kappa shape index (κ3) is 8.33. The minimum Gasteiger partial charge on any atom is -0.507 e. The molecule has 0 fully saturated rings. The predicted octanol–water partition coefficient (Wildman–Crippen LogP) is 10.5. The number of phenols is 2. The summed E-state index contributed by atoms with van der Waals surface area (Å²) in [6, 6.07) is 12.7. The molecule has 1 aliphatic carbocycles. The van der Waals surface area contributed by atoms with Gasteiger partial charge in [0.25, 0.3) is 0 Å². The van der Waals surface area contributed by atoms with E-state index in [1.54, 1.807) is 36.4 Å². The van der Waals surface area contributed by atoms with Crippen molar-refractivity contribution in [2.75, 3.05) is 42.8 Å². The van der Waals surface area contributed by atoms with Gasteiger partial charge in [0.2, 0.25) is 5.78 Å². The minimum absolute atomic E-state index is 0.133. The Labute approximate surface area is 320 Å². The molecule has 0 aliphatic heterocycles. The Morgan fingerprint density at radius 1 is 0.556 bits per heavy atom. The van der Waals surface area contributed by atoms with Crippen LogP contribution < -0.4 is 29.6 Å². The number of fused-ring (bicyclic) bond motifs is 2. The third-order valence-corrected chi connectivity index (χ3v) is 10.1. The van der Waals surface area contributed by atoms with E-state index in [1.165, 1.54) is 11.8 Å². The normalized spacial score (nSPS) is 11.9. The maximum absolute atomic E-state index is 17.7. The molecular formula is C42H49FN2O8S. The Hall–Kier alpha value is -5.10.